The van der Waals surface area contributed by atoms with Crippen molar-refractivity contribution in [3.05, 3.63) is 132 Å². The normalized spacial score (nSPS) is 11.7. The monoisotopic (exact) mass is 548 g/mol. The number of hydrogen-bond donors (Lipinski definition) is 0. The smallest absolute Gasteiger partial charge is 0.137 e. The Morgan fingerprint density at radius 3 is 1.72 bits per heavy atom. The van der Waals surface area contributed by atoms with Gasteiger partial charge in [0.05, 0.1) is 45.3 Å². The first-order valence-corrected chi connectivity index (χ1v) is 14.1. The van der Waals surface area contributed by atoms with E-state index in [9.17, 15) is 10.5 Å². The van der Waals surface area contributed by atoms with Gasteiger partial charge < -0.3 is 13.6 Å². The van der Waals surface area contributed by atoms with E-state index < -0.39 is 0 Å². The lowest BCUT2D eigenvalue weighted by molar-refractivity contribution is 0.669. The second-order valence-corrected chi connectivity index (χ2v) is 10.9. The molecule has 0 radical (unpaired) electrons. The van der Waals surface area contributed by atoms with Crippen LogP contribution < -0.4 is 0 Å². The zero-order valence-electron chi connectivity index (χ0n) is 22.7. The highest BCUT2D eigenvalue weighted by atomic mass is 16.3. The van der Waals surface area contributed by atoms with E-state index in [0.717, 1.165) is 76.9 Å². The third kappa shape index (κ3) is 3.25. The zero-order valence-corrected chi connectivity index (χ0v) is 22.7. The number of hydrogen-bond acceptors (Lipinski definition) is 3. The molecule has 9 rings (SSSR count). The van der Waals surface area contributed by atoms with E-state index >= 15 is 0 Å². The zero-order chi connectivity index (χ0) is 28.7. The van der Waals surface area contributed by atoms with Gasteiger partial charge in [0.2, 0.25) is 0 Å². The van der Waals surface area contributed by atoms with Crippen LogP contribution in [0.5, 0.6) is 0 Å². The number of rotatable bonds is 2. The van der Waals surface area contributed by atoms with Crippen molar-refractivity contribution in [1.29, 1.82) is 10.5 Å². The first-order valence-electron chi connectivity index (χ1n) is 14.1. The van der Waals surface area contributed by atoms with Gasteiger partial charge in [-0.05, 0) is 72.8 Å². The van der Waals surface area contributed by atoms with Crippen molar-refractivity contribution in [3.63, 3.8) is 0 Å². The van der Waals surface area contributed by atoms with E-state index in [0.29, 0.717) is 11.1 Å². The van der Waals surface area contributed by atoms with Crippen LogP contribution in [-0.2, 0) is 0 Å². The lowest BCUT2D eigenvalue weighted by atomic mass is 10.1. The van der Waals surface area contributed by atoms with Crippen LogP contribution in [0.4, 0.5) is 0 Å². The predicted octanol–water partition coefficient (Wildman–Crippen LogP) is 9.52. The number of fused-ring (bicyclic) bond motifs is 9. The maximum atomic E-state index is 9.73. The summed E-state index contributed by atoms with van der Waals surface area (Å²) in [4.78, 5) is 0. The molecule has 5 nitrogen and oxygen atoms in total. The number of para-hydroxylation sites is 2. The predicted molar refractivity (Wildman–Crippen MR) is 172 cm³/mol. The van der Waals surface area contributed by atoms with E-state index in [1.165, 1.54) is 0 Å². The maximum Gasteiger partial charge on any atom is 0.137 e. The first-order chi connectivity index (χ1) is 21.2. The average molecular weight is 549 g/mol. The molecule has 0 saturated carbocycles. The van der Waals surface area contributed by atoms with Gasteiger partial charge in [-0.15, -0.1) is 0 Å². The number of aromatic nitrogens is 2. The highest BCUT2D eigenvalue weighted by molar-refractivity contribution is 6.17. The Morgan fingerprint density at radius 1 is 0.419 bits per heavy atom. The molecule has 9 aromatic rings. The standard InChI is InChI=1S/C38H20N4O/c39-21-23-12-14-34-29(16-23)27-8-1-3-10-33(27)41(34)25-6-5-7-26(18-25)42-35-15-13-24(22-40)17-30(35)31-19-32-28-9-2-4-11-37(28)43-38(32)20-36(31)42/h1-20H. The number of nitrogens with zero attached hydrogens (tertiary/aromatic N) is 4. The second kappa shape index (κ2) is 8.60. The Balaban J connectivity index is 1.36. The van der Waals surface area contributed by atoms with Gasteiger partial charge in [-0.2, -0.15) is 10.5 Å². The molecule has 0 fully saturated rings. The van der Waals surface area contributed by atoms with Gasteiger partial charge in [0, 0.05) is 49.8 Å². The summed E-state index contributed by atoms with van der Waals surface area (Å²) in [6.45, 7) is 0. The number of benzene rings is 6. The molecule has 0 atom stereocenters. The topological polar surface area (TPSA) is 70.6 Å². The van der Waals surface area contributed by atoms with Gasteiger partial charge in [0.25, 0.3) is 0 Å². The third-order valence-electron chi connectivity index (χ3n) is 8.54. The Labute approximate surface area is 245 Å². The van der Waals surface area contributed by atoms with Crippen LogP contribution >= 0.6 is 0 Å². The molecule has 0 saturated heterocycles. The minimum Gasteiger partial charge on any atom is -0.456 e. The summed E-state index contributed by atoms with van der Waals surface area (Å²) in [6, 6.07) is 45.6. The van der Waals surface area contributed by atoms with Crippen LogP contribution in [0.25, 0.3) is 76.9 Å². The molecule has 0 aliphatic heterocycles. The summed E-state index contributed by atoms with van der Waals surface area (Å²) in [5.74, 6) is 0. The number of nitriles is 2. The highest BCUT2D eigenvalue weighted by Gasteiger charge is 2.18. The molecule has 0 spiro atoms. The van der Waals surface area contributed by atoms with E-state index in [4.69, 9.17) is 4.42 Å². The number of furan rings is 1. The molecular weight excluding hydrogens is 528 g/mol. The van der Waals surface area contributed by atoms with Crippen LogP contribution in [0, 0.1) is 22.7 Å². The van der Waals surface area contributed by atoms with Crippen molar-refractivity contribution >= 4 is 65.6 Å². The summed E-state index contributed by atoms with van der Waals surface area (Å²) in [5, 5.41) is 25.7. The van der Waals surface area contributed by atoms with Crippen molar-refractivity contribution in [2.75, 3.05) is 0 Å². The molecule has 5 heteroatoms. The van der Waals surface area contributed by atoms with Crippen LogP contribution in [-0.4, -0.2) is 9.13 Å². The molecule has 198 valence electrons. The second-order valence-electron chi connectivity index (χ2n) is 10.9. The maximum absolute atomic E-state index is 9.73. The van der Waals surface area contributed by atoms with Crippen LogP contribution in [0.3, 0.4) is 0 Å². The molecule has 0 N–H and O–H groups in total. The minimum atomic E-state index is 0.625. The molecule has 6 aromatic carbocycles. The Bertz CT molecular complexity index is 2710. The van der Waals surface area contributed by atoms with Gasteiger partial charge >= 0.3 is 0 Å². The van der Waals surface area contributed by atoms with Gasteiger partial charge in [0.1, 0.15) is 11.2 Å². The van der Waals surface area contributed by atoms with Gasteiger partial charge in [-0.1, -0.05) is 42.5 Å². The fourth-order valence-electron chi connectivity index (χ4n) is 6.68. The van der Waals surface area contributed by atoms with Crippen molar-refractivity contribution in [2.24, 2.45) is 0 Å². The Kier molecular flexibility index (Phi) is 4.68. The van der Waals surface area contributed by atoms with E-state index in [1.807, 2.05) is 66.7 Å². The van der Waals surface area contributed by atoms with Crippen LogP contribution in [0.15, 0.2) is 126 Å². The molecule has 0 aliphatic rings. The Morgan fingerprint density at radius 2 is 1.00 bits per heavy atom. The molecule has 3 heterocycles. The van der Waals surface area contributed by atoms with Crippen molar-refractivity contribution in [1.82, 2.24) is 9.13 Å². The molecule has 0 unspecified atom stereocenters. The molecule has 3 aromatic heterocycles. The fraction of sp³-hybridized carbons (Fsp3) is 0. The molecule has 43 heavy (non-hydrogen) atoms. The van der Waals surface area contributed by atoms with Crippen molar-refractivity contribution in [3.8, 4) is 23.5 Å². The van der Waals surface area contributed by atoms with E-state index in [1.54, 1.807) is 0 Å². The summed E-state index contributed by atoms with van der Waals surface area (Å²) in [5.41, 5.74) is 9.11. The molecule has 0 aliphatic carbocycles. The van der Waals surface area contributed by atoms with E-state index in [2.05, 4.69) is 75.9 Å². The highest BCUT2D eigenvalue weighted by Crippen LogP contribution is 2.39. The average Bonchev–Trinajstić information content (AvgIpc) is 3.70. The largest absolute Gasteiger partial charge is 0.456 e. The van der Waals surface area contributed by atoms with Crippen LogP contribution in [0.1, 0.15) is 11.1 Å². The van der Waals surface area contributed by atoms with E-state index in [-0.39, 0.29) is 0 Å². The SMILES string of the molecule is N#Cc1ccc2c(c1)c1ccccc1n2-c1cccc(-n2c3ccc(C#N)cc3c3cc4c(cc32)oc2ccccc24)c1. The quantitative estimate of drug-likeness (QED) is 0.216. The molecule has 0 bridgehead atoms. The van der Waals surface area contributed by atoms with Crippen LogP contribution in [0.2, 0.25) is 0 Å². The summed E-state index contributed by atoms with van der Waals surface area (Å²) in [7, 11) is 0. The summed E-state index contributed by atoms with van der Waals surface area (Å²) < 4.78 is 10.8. The fourth-order valence-corrected chi connectivity index (χ4v) is 6.68. The summed E-state index contributed by atoms with van der Waals surface area (Å²) in [6.07, 6.45) is 0. The molecular formula is C38H20N4O. The minimum absolute atomic E-state index is 0.625. The van der Waals surface area contributed by atoms with Crippen molar-refractivity contribution < 1.29 is 4.42 Å². The lowest BCUT2D eigenvalue weighted by Gasteiger charge is -2.13. The van der Waals surface area contributed by atoms with Gasteiger partial charge in [-0.25, -0.2) is 0 Å². The Hall–Kier alpha value is -6.30. The lowest BCUT2D eigenvalue weighted by Crippen LogP contribution is -1.98. The van der Waals surface area contributed by atoms with Gasteiger partial charge in [-0.3, -0.25) is 0 Å². The summed E-state index contributed by atoms with van der Waals surface area (Å²) >= 11 is 0. The van der Waals surface area contributed by atoms with Gasteiger partial charge in [0.15, 0.2) is 0 Å². The third-order valence-corrected chi connectivity index (χ3v) is 8.54. The first kappa shape index (κ1) is 23.4. The van der Waals surface area contributed by atoms with Crippen molar-refractivity contribution in [2.45, 2.75) is 0 Å². The molecule has 0 amide bonds.